The van der Waals surface area contributed by atoms with Crippen LogP contribution >= 0.6 is 0 Å². The number of hydrogen-bond donors (Lipinski definition) is 1. The zero-order valence-electron chi connectivity index (χ0n) is 16.0. The van der Waals surface area contributed by atoms with Crippen LogP contribution < -0.4 is 0 Å². The number of aliphatic hydroxyl groups excluding tert-OH is 1. The van der Waals surface area contributed by atoms with Crippen molar-refractivity contribution in [3.63, 3.8) is 0 Å². The lowest BCUT2D eigenvalue weighted by atomic mass is 10.2. The Hall–Kier alpha value is -2.49. The first-order chi connectivity index (χ1) is 13.1. The van der Waals surface area contributed by atoms with E-state index in [4.69, 9.17) is 9.29 Å². The molecule has 8 nitrogen and oxygen atoms in total. The van der Waals surface area contributed by atoms with Crippen molar-refractivity contribution in [3.05, 3.63) is 54.6 Å². The fourth-order valence-corrected chi connectivity index (χ4v) is 2.36. The minimum atomic E-state index is -3.80. The summed E-state index contributed by atoms with van der Waals surface area (Å²) in [5.41, 5.74) is 1.34. The van der Waals surface area contributed by atoms with Gasteiger partial charge in [-0.15, -0.1) is 0 Å². The second-order valence-electron chi connectivity index (χ2n) is 5.45. The maximum Gasteiger partial charge on any atom is 0.333 e. The molecule has 0 aromatic heterocycles. The van der Waals surface area contributed by atoms with Crippen molar-refractivity contribution in [2.24, 2.45) is 0 Å². The number of rotatable bonds is 10. The van der Waals surface area contributed by atoms with Gasteiger partial charge in [-0.25, -0.2) is 9.59 Å². The van der Waals surface area contributed by atoms with Crippen molar-refractivity contribution in [3.8, 4) is 0 Å². The lowest BCUT2D eigenvalue weighted by molar-refractivity contribution is -0.139. The molecule has 0 fully saturated rings. The largest absolute Gasteiger partial charge is 0.462 e. The molecular formula is C19H26O8S. The second kappa shape index (κ2) is 13.6. The predicted molar refractivity (Wildman–Crippen MR) is 103 cm³/mol. The summed E-state index contributed by atoms with van der Waals surface area (Å²) in [5, 5.41) is 8.30. The van der Waals surface area contributed by atoms with Crippen LogP contribution in [-0.2, 0) is 33.4 Å². The molecule has 0 aliphatic carbocycles. The zero-order valence-corrected chi connectivity index (χ0v) is 16.9. The molecule has 28 heavy (non-hydrogen) atoms. The highest BCUT2D eigenvalue weighted by atomic mass is 32.2. The Morgan fingerprint density at radius 3 is 2.21 bits per heavy atom. The van der Waals surface area contributed by atoms with E-state index in [-0.39, 0.29) is 31.3 Å². The second-order valence-corrected chi connectivity index (χ2v) is 7.07. The maximum absolute atomic E-state index is 11.7. The van der Waals surface area contributed by atoms with Gasteiger partial charge in [-0.2, -0.15) is 8.42 Å². The van der Waals surface area contributed by atoms with Crippen LogP contribution in [-0.4, -0.2) is 51.9 Å². The van der Waals surface area contributed by atoms with Gasteiger partial charge in [0.1, 0.15) is 13.2 Å². The zero-order chi connectivity index (χ0) is 21.6. The van der Waals surface area contributed by atoms with Gasteiger partial charge in [-0.3, -0.25) is 4.18 Å². The molecule has 156 valence electrons. The summed E-state index contributed by atoms with van der Waals surface area (Å²) in [4.78, 5) is 21.4. The smallest absolute Gasteiger partial charge is 0.333 e. The fourth-order valence-electron chi connectivity index (χ4n) is 1.47. The van der Waals surface area contributed by atoms with E-state index in [9.17, 15) is 18.0 Å². The number of esters is 2. The summed E-state index contributed by atoms with van der Waals surface area (Å²) in [7, 11) is -3.80. The Morgan fingerprint density at radius 2 is 1.71 bits per heavy atom. The Morgan fingerprint density at radius 1 is 1.11 bits per heavy atom. The molecule has 0 heterocycles. The molecule has 0 unspecified atom stereocenters. The number of aryl methyl sites for hydroxylation is 1. The standard InChI is InChI=1S/C12H14O5S.C7H12O3/c1-3-12(13)16-8-9-17-18(14,15)11-6-4-10(2)5-7-11;1-6(2)7(9)10-5-3-4-8/h3-7H,1,8-9H2,2H3;8H,1,3-5H2,2H3. The van der Waals surface area contributed by atoms with E-state index in [1.54, 1.807) is 19.1 Å². The minimum absolute atomic E-state index is 0.0451. The molecule has 0 aliphatic heterocycles. The Labute approximate surface area is 165 Å². The van der Waals surface area contributed by atoms with Gasteiger partial charge >= 0.3 is 11.9 Å². The molecule has 0 saturated carbocycles. The first-order valence-corrected chi connectivity index (χ1v) is 9.73. The number of carbonyl (C=O) groups is 2. The van der Waals surface area contributed by atoms with Gasteiger partial charge in [-0.05, 0) is 26.0 Å². The van der Waals surface area contributed by atoms with Crippen LogP contribution in [0.3, 0.4) is 0 Å². The van der Waals surface area contributed by atoms with E-state index in [2.05, 4.69) is 22.6 Å². The highest BCUT2D eigenvalue weighted by molar-refractivity contribution is 7.86. The lowest BCUT2D eigenvalue weighted by Gasteiger charge is -2.06. The summed E-state index contributed by atoms with van der Waals surface area (Å²) in [6, 6.07) is 6.27. The first-order valence-electron chi connectivity index (χ1n) is 8.32. The number of benzene rings is 1. The molecule has 1 aromatic carbocycles. The van der Waals surface area contributed by atoms with E-state index in [0.29, 0.717) is 12.0 Å². The summed E-state index contributed by atoms with van der Waals surface area (Å²) < 4.78 is 37.3. The summed E-state index contributed by atoms with van der Waals surface area (Å²) >= 11 is 0. The molecular weight excluding hydrogens is 388 g/mol. The summed E-state index contributed by atoms with van der Waals surface area (Å²) in [6.45, 7) is 9.99. The van der Waals surface area contributed by atoms with Crippen LogP contribution in [0.4, 0.5) is 0 Å². The summed E-state index contributed by atoms with van der Waals surface area (Å²) in [6.07, 6.45) is 1.48. The monoisotopic (exact) mass is 414 g/mol. The normalized spacial score (nSPS) is 10.2. The van der Waals surface area contributed by atoms with Crippen LogP contribution in [0.15, 0.2) is 54.0 Å². The molecule has 0 atom stereocenters. The van der Waals surface area contributed by atoms with Crippen LogP contribution in [0.25, 0.3) is 0 Å². The highest BCUT2D eigenvalue weighted by Gasteiger charge is 2.14. The van der Waals surface area contributed by atoms with E-state index < -0.39 is 22.1 Å². The molecule has 0 bridgehead atoms. The molecule has 0 saturated heterocycles. The summed E-state index contributed by atoms with van der Waals surface area (Å²) in [5.74, 6) is -1.01. The van der Waals surface area contributed by atoms with Gasteiger partial charge in [0, 0.05) is 24.7 Å². The molecule has 9 heteroatoms. The quantitative estimate of drug-likeness (QED) is 0.267. The molecule has 0 radical (unpaired) electrons. The Kier molecular flexibility index (Phi) is 12.4. The third kappa shape index (κ3) is 11.3. The van der Waals surface area contributed by atoms with Gasteiger partial charge in [0.05, 0.1) is 11.5 Å². The van der Waals surface area contributed by atoms with Gasteiger partial charge < -0.3 is 14.6 Å². The van der Waals surface area contributed by atoms with Crippen molar-refractivity contribution in [1.82, 2.24) is 0 Å². The third-order valence-corrected chi connectivity index (χ3v) is 4.25. The number of aliphatic hydroxyl groups is 1. The van der Waals surface area contributed by atoms with Crippen molar-refractivity contribution in [2.45, 2.75) is 25.2 Å². The SMILES string of the molecule is C=C(C)C(=O)OCCCO.C=CC(=O)OCCOS(=O)(=O)c1ccc(C)cc1. The minimum Gasteiger partial charge on any atom is -0.462 e. The molecule has 1 N–H and O–H groups in total. The highest BCUT2D eigenvalue weighted by Crippen LogP contribution is 2.12. The average molecular weight is 414 g/mol. The van der Waals surface area contributed by atoms with Crippen molar-refractivity contribution in [1.29, 1.82) is 0 Å². The fraction of sp³-hybridized carbons (Fsp3) is 0.368. The third-order valence-electron chi connectivity index (χ3n) is 2.93. The van der Waals surface area contributed by atoms with Crippen LogP contribution in [0.5, 0.6) is 0 Å². The molecule has 0 aliphatic rings. The maximum atomic E-state index is 11.7. The van der Waals surface area contributed by atoms with Crippen molar-refractivity contribution >= 4 is 22.1 Å². The molecule has 1 aromatic rings. The van der Waals surface area contributed by atoms with E-state index in [1.807, 2.05) is 6.92 Å². The Balaban J connectivity index is 0.000000621. The van der Waals surface area contributed by atoms with E-state index in [1.165, 1.54) is 12.1 Å². The van der Waals surface area contributed by atoms with Gasteiger partial charge in [0.15, 0.2) is 0 Å². The first kappa shape index (κ1) is 25.5. The van der Waals surface area contributed by atoms with Crippen LogP contribution in [0.1, 0.15) is 18.9 Å². The van der Waals surface area contributed by atoms with Crippen LogP contribution in [0.2, 0.25) is 0 Å². The van der Waals surface area contributed by atoms with Crippen LogP contribution in [0, 0.1) is 6.92 Å². The Bertz CT molecular complexity index is 751. The van der Waals surface area contributed by atoms with Gasteiger partial charge in [-0.1, -0.05) is 30.9 Å². The van der Waals surface area contributed by atoms with Crippen molar-refractivity contribution < 1.29 is 36.8 Å². The number of carbonyl (C=O) groups excluding carboxylic acids is 2. The van der Waals surface area contributed by atoms with Gasteiger partial charge in [0.2, 0.25) is 0 Å². The number of hydrogen-bond acceptors (Lipinski definition) is 8. The van der Waals surface area contributed by atoms with E-state index in [0.717, 1.165) is 11.6 Å². The molecule has 0 spiro atoms. The predicted octanol–water partition coefficient (Wildman–Crippen LogP) is 1.92. The lowest BCUT2D eigenvalue weighted by Crippen LogP contribution is -2.13. The van der Waals surface area contributed by atoms with E-state index >= 15 is 0 Å². The molecule has 0 amide bonds. The van der Waals surface area contributed by atoms with Crippen molar-refractivity contribution in [2.75, 3.05) is 26.4 Å². The molecule has 1 rings (SSSR count). The number of ether oxygens (including phenoxy) is 2. The average Bonchev–Trinajstić information content (AvgIpc) is 2.66. The van der Waals surface area contributed by atoms with Gasteiger partial charge in [0.25, 0.3) is 10.1 Å². The topological polar surface area (TPSA) is 116 Å².